The Morgan fingerprint density at radius 2 is 2.05 bits per heavy atom. The fourth-order valence-corrected chi connectivity index (χ4v) is 3.67. The number of benzene rings is 1. The average Bonchev–Trinajstić information content (AvgIpc) is 2.96. The van der Waals surface area contributed by atoms with Gasteiger partial charge in [-0.25, -0.2) is 0 Å². The minimum Gasteiger partial charge on any atom is -0.331 e. The maximum absolute atomic E-state index is 6.29. The van der Waals surface area contributed by atoms with Gasteiger partial charge in [-0.15, -0.1) is 11.3 Å². The molecule has 0 spiro atoms. The Morgan fingerprint density at radius 3 is 2.79 bits per heavy atom. The molecule has 0 saturated heterocycles. The quantitative estimate of drug-likeness (QED) is 0.673. The number of imidazole rings is 1. The third kappa shape index (κ3) is 2.36. The molecule has 5 heteroatoms. The van der Waals surface area contributed by atoms with E-state index in [0.717, 1.165) is 33.8 Å². The van der Waals surface area contributed by atoms with E-state index in [2.05, 4.69) is 28.6 Å². The minimum absolute atomic E-state index is 0.717. The van der Waals surface area contributed by atoms with Crippen LogP contribution >= 0.6 is 35.2 Å². The van der Waals surface area contributed by atoms with Crippen LogP contribution in [0.15, 0.2) is 30.3 Å². The zero-order valence-corrected chi connectivity index (χ0v) is 12.8. The summed E-state index contributed by atoms with van der Waals surface area (Å²) >= 11 is 13.5. The Bertz CT molecular complexity index is 782. The van der Waals surface area contributed by atoms with Crippen molar-refractivity contribution in [1.29, 1.82) is 0 Å². The van der Waals surface area contributed by atoms with Crippen molar-refractivity contribution in [2.24, 2.45) is 0 Å². The molecule has 0 saturated carbocycles. The van der Waals surface area contributed by atoms with Gasteiger partial charge < -0.3 is 9.55 Å². The standard InChI is InChI=1S/C14H13ClN2S2/c1-2-9-6-7-10(19-9)8-17-13-11(15)4-3-5-12(13)16-14(17)18/h3-7H,2,8H2,1H3,(H,16,18). The summed E-state index contributed by atoms with van der Waals surface area (Å²) in [5, 5.41) is 0.733. The van der Waals surface area contributed by atoms with Gasteiger partial charge in [0.1, 0.15) is 0 Å². The minimum atomic E-state index is 0.717. The van der Waals surface area contributed by atoms with E-state index in [-0.39, 0.29) is 0 Å². The summed E-state index contributed by atoms with van der Waals surface area (Å²) in [5.41, 5.74) is 1.98. The lowest BCUT2D eigenvalue weighted by Gasteiger charge is -2.03. The van der Waals surface area contributed by atoms with Crippen molar-refractivity contribution in [2.75, 3.05) is 0 Å². The van der Waals surface area contributed by atoms with Gasteiger partial charge in [-0.3, -0.25) is 0 Å². The van der Waals surface area contributed by atoms with Crippen LogP contribution in [0.1, 0.15) is 16.7 Å². The molecule has 19 heavy (non-hydrogen) atoms. The van der Waals surface area contributed by atoms with Gasteiger partial charge in [-0.2, -0.15) is 0 Å². The topological polar surface area (TPSA) is 20.7 Å². The summed E-state index contributed by atoms with van der Waals surface area (Å²) in [6.45, 7) is 2.94. The van der Waals surface area contributed by atoms with Gasteiger partial charge in [0.15, 0.2) is 4.77 Å². The molecule has 0 atom stereocenters. The van der Waals surface area contributed by atoms with E-state index in [1.807, 2.05) is 29.5 Å². The molecule has 2 aromatic heterocycles. The number of para-hydroxylation sites is 1. The molecule has 0 aliphatic heterocycles. The van der Waals surface area contributed by atoms with Crippen LogP contribution in [0.25, 0.3) is 11.0 Å². The zero-order chi connectivity index (χ0) is 13.4. The summed E-state index contributed by atoms with van der Waals surface area (Å²) in [6.07, 6.45) is 1.07. The van der Waals surface area contributed by atoms with Crippen molar-refractivity contribution in [3.8, 4) is 0 Å². The summed E-state index contributed by atoms with van der Waals surface area (Å²) < 4.78 is 2.78. The number of halogens is 1. The molecule has 1 aromatic carbocycles. The highest BCUT2D eigenvalue weighted by atomic mass is 35.5. The number of nitrogens with zero attached hydrogens (tertiary/aromatic N) is 1. The second-order valence-corrected chi connectivity index (χ2v) is 6.42. The third-order valence-electron chi connectivity index (χ3n) is 3.12. The van der Waals surface area contributed by atoms with Crippen LogP contribution in [-0.2, 0) is 13.0 Å². The van der Waals surface area contributed by atoms with Crippen LogP contribution in [0.2, 0.25) is 5.02 Å². The number of aromatic nitrogens is 2. The second kappa shape index (κ2) is 5.12. The van der Waals surface area contributed by atoms with Gasteiger partial charge >= 0.3 is 0 Å². The maximum atomic E-state index is 6.29. The van der Waals surface area contributed by atoms with E-state index in [1.54, 1.807) is 0 Å². The first kappa shape index (κ1) is 12.9. The van der Waals surface area contributed by atoms with Gasteiger partial charge in [-0.1, -0.05) is 24.6 Å². The van der Waals surface area contributed by atoms with Gasteiger partial charge in [0.2, 0.25) is 0 Å². The Hall–Kier alpha value is -1.10. The van der Waals surface area contributed by atoms with Crippen LogP contribution in [0.5, 0.6) is 0 Å². The molecule has 0 aliphatic carbocycles. The predicted molar refractivity (Wildman–Crippen MR) is 84.9 cm³/mol. The fourth-order valence-electron chi connectivity index (χ4n) is 2.18. The molecule has 3 rings (SSSR count). The number of nitrogens with one attached hydrogen (secondary N) is 1. The Balaban J connectivity index is 2.09. The van der Waals surface area contributed by atoms with Crippen molar-refractivity contribution < 1.29 is 0 Å². The van der Waals surface area contributed by atoms with E-state index >= 15 is 0 Å². The maximum Gasteiger partial charge on any atom is 0.178 e. The molecule has 98 valence electrons. The fraction of sp³-hybridized carbons (Fsp3) is 0.214. The van der Waals surface area contributed by atoms with Gasteiger partial charge in [0.05, 0.1) is 22.6 Å². The number of rotatable bonds is 3. The van der Waals surface area contributed by atoms with Crippen molar-refractivity contribution in [3.63, 3.8) is 0 Å². The Morgan fingerprint density at radius 1 is 1.26 bits per heavy atom. The monoisotopic (exact) mass is 308 g/mol. The van der Waals surface area contributed by atoms with Crippen LogP contribution < -0.4 is 0 Å². The highest BCUT2D eigenvalue weighted by molar-refractivity contribution is 7.71. The first-order valence-corrected chi connectivity index (χ1v) is 7.74. The molecule has 2 nitrogen and oxygen atoms in total. The first-order valence-electron chi connectivity index (χ1n) is 6.13. The van der Waals surface area contributed by atoms with Crippen LogP contribution in [0.4, 0.5) is 0 Å². The van der Waals surface area contributed by atoms with Crippen molar-refractivity contribution in [3.05, 3.63) is 49.9 Å². The molecule has 0 radical (unpaired) electrons. The number of aromatic amines is 1. The average molecular weight is 309 g/mol. The second-order valence-electron chi connectivity index (χ2n) is 4.37. The van der Waals surface area contributed by atoms with Crippen LogP contribution in [0.3, 0.4) is 0 Å². The molecule has 2 heterocycles. The number of aryl methyl sites for hydroxylation is 1. The highest BCUT2D eigenvalue weighted by Gasteiger charge is 2.09. The Labute approximate surface area is 125 Å². The van der Waals surface area contributed by atoms with Gasteiger partial charge in [0, 0.05) is 9.75 Å². The largest absolute Gasteiger partial charge is 0.331 e. The molecule has 0 aliphatic rings. The van der Waals surface area contributed by atoms with Crippen LogP contribution in [0, 0.1) is 4.77 Å². The normalized spacial score (nSPS) is 11.3. The molecule has 0 bridgehead atoms. The van der Waals surface area contributed by atoms with E-state index in [4.69, 9.17) is 23.8 Å². The predicted octanol–water partition coefficient (Wildman–Crippen LogP) is 5.02. The molecular formula is C14H13ClN2S2. The lowest BCUT2D eigenvalue weighted by Crippen LogP contribution is -1.97. The first-order chi connectivity index (χ1) is 9.19. The van der Waals surface area contributed by atoms with Gasteiger partial charge in [0.25, 0.3) is 0 Å². The van der Waals surface area contributed by atoms with E-state index in [1.165, 1.54) is 9.75 Å². The smallest absolute Gasteiger partial charge is 0.178 e. The zero-order valence-electron chi connectivity index (χ0n) is 10.4. The van der Waals surface area contributed by atoms with Crippen LogP contribution in [-0.4, -0.2) is 9.55 Å². The molecule has 1 N–H and O–H groups in total. The molecule has 0 fully saturated rings. The summed E-state index contributed by atoms with van der Waals surface area (Å²) in [6, 6.07) is 10.2. The summed E-state index contributed by atoms with van der Waals surface area (Å²) in [7, 11) is 0. The third-order valence-corrected chi connectivity index (χ3v) is 4.96. The summed E-state index contributed by atoms with van der Waals surface area (Å²) in [4.78, 5) is 5.90. The van der Waals surface area contributed by atoms with Crippen molar-refractivity contribution in [1.82, 2.24) is 9.55 Å². The lowest BCUT2D eigenvalue weighted by atomic mass is 10.3. The van der Waals surface area contributed by atoms with Crippen molar-refractivity contribution in [2.45, 2.75) is 19.9 Å². The number of H-pyrrole nitrogens is 1. The van der Waals surface area contributed by atoms with E-state index < -0.39 is 0 Å². The number of hydrogen-bond acceptors (Lipinski definition) is 2. The van der Waals surface area contributed by atoms with Crippen molar-refractivity contribution >= 4 is 46.2 Å². The van der Waals surface area contributed by atoms with E-state index in [9.17, 15) is 0 Å². The number of thiophene rings is 1. The Kier molecular flexibility index (Phi) is 3.48. The van der Waals surface area contributed by atoms with Gasteiger partial charge in [-0.05, 0) is 42.9 Å². The summed E-state index contributed by atoms with van der Waals surface area (Å²) in [5.74, 6) is 0. The number of hydrogen-bond donors (Lipinski definition) is 1. The van der Waals surface area contributed by atoms with E-state index in [0.29, 0.717) is 0 Å². The molecule has 0 unspecified atom stereocenters. The SMILES string of the molecule is CCc1ccc(Cn2c(=S)[nH]c3cccc(Cl)c32)s1. The molecular weight excluding hydrogens is 296 g/mol. The molecule has 0 amide bonds. The highest BCUT2D eigenvalue weighted by Crippen LogP contribution is 2.26. The molecule has 3 aromatic rings. The lowest BCUT2D eigenvalue weighted by molar-refractivity contribution is 0.823. The number of fused-ring (bicyclic) bond motifs is 1.